The summed E-state index contributed by atoms with van der Waals surface area (Å²) in [6, 6.07) is 21.5. The van der Waals surface area contributed by atoms with E-state index in [-0.39, 0.29) is 11.1 Å². The van der Waals surface area contributed by atoms with Crippen molar-refractivity contribution in [2.24, 2.45) is 17.4 Å². The van der Waals surface area contributed by atoms with Gasteiger partial charge >= 0.3 is 39.3 Å². The molecule has 164 valence electrons. The molecule has 0 spiro atoms. The maximum absolute atomic E-state index is 7.28. The van der Waals surface area contributed by atoms with Gasteiger partial charge < -0.3 is 11.5 Å². The van der Waals surface area contributed by atoms with Gasteiger partial charge in [-0.25, -0.2) is 0 Å². The van der Waals surface area contributed by atoms with Crippen LogP contribution in [0.3, 0.4) is 0 Å². The van der Waals surface area contributed by atoms with Crippen LogP contribution in [0.5, 0.6) is 0 Å². The van der Waals surface area contributed by atoms with Crippen LogP contribution in [0.1, 0.15) is 56.6 Å². The van der Waals surface area contributed by atoms with E-state index in [1.165, 1.54) is 41.3 Å². The van der Waals surface area contributed by atoms with E-state index in [9.17, 15) is 0 Å². The summed E-state index contributed by atoms with van der Waals surface area (Å²) in [6.07, 6.45) is 8.64. The topological polar surface area (TPSA) is 52.0 Å². The number of unbranched alkanes of at least 4 members (excludes halogenated alkanes) is 1. The minimum absolute atomic E-state index is 0.281. The zero-order valence-electron chi connectivity index (χ0n) is 17.2. The van der Waals surface area contributed by atoms with Gasteiger partial charge in [0.05, 0.1) is 0 Å². The number of halogens is 2. The monoisotopic (exact) mass is 566 g/mol. The second-order valence-corrected chi connectivity index (χ2v) is 13.3. The summed E-state index contributed by atoms with van der Waals surface area (Å²) in [7, 11) is 1.25. The fraction of sp³-hybridized carbons (Fsp3) is 0.500. The van der Waals surface area contributed by atoms with Crippen molar-refractivity contribution in [2.75, 3.05) is 0 Å². The SMILES string of the molecule is CCCCC1(N)CCCC(Cc2ccccc2)C1(N)Cc1ccccc1.[Br][Ni][Br]. The van der Waals surface area contributed by atoms with Crippen molar-refractivity contribution >= 4 is 28.5 Å². The van der Waals surface area contributed by atoms with E-state index in [0.717, 1.165) is 32.1 Å². The third-order valence-electron chi connectivity index (χ3n) is 6.47. The average Bonchev–Trinajstić information content (AvgIpc) is 2.72. The summed E-state index contributed by atoms with van der Waals surface area (Å²) in [4.78, 5) is 0. The van der Waals surface area contributed by atoms with Gasteiger partial charge in [0, 0.05) is 11.1 Å². The molecule has 4 N–H and O–H groups in total. The normalized spacial score (nSPS) is 26.6. The van der Waals surface area contributed by atoms with Gasteiger partial charge in [0.1, 0.15) is 0 Å². The predicted octanol–water partition coefficient (Wildman–Crippen LogP) is 6.55. The quantitative estimate of drug-likeness (QED) is 0.372. The van der Waals surface area contributed by atoms with Crippen LogP contribution in [0.15, 0.2) is 60.7 Å². The van der Waals surface area contributed by atoms with E-state index >= 15 is 0 Å². The Bertz CT molecular complexity index is 701. The second kappa shape index (κ2) is 12.6. The zero-order valence-corrected chi connectivity index (χ0v) is 21.4. The minimum atomic E-state index is -0.363. The molecule has 1 aliphatic carbocycles. The second-order valence-electron chi connectivity index (χ2n) is 8.29. The molecule has 0 bridgehead atoms. The van der Waals surface area contributed by atoms with Gasteiger partial charge in [0.15, 0.2) is 0 Å². The zero-order chi connectivity index (χ0) is 21.2. The third-order valence-corrected chi connectivity index (χ3v) is 6.47. The van der Waals surface area contributed by atoms with Crippen LogP contribution in [-0.2, 0) is 23.7 Å². The van der Waals surface area contributed by atoms with Crippen molar-refractivity contribution in [3.8, 4) is 0 Å². The van der Waals surface area contributed by atoms with E-state index in [1.54, 1.807) is 0 Å². The Morgan fingerprint density at radius 3 is 2.07 bits per heavy atom. The van der Waals surface area contributed by atoms with E-state index < -0.39 is 0 Å². The summed E-state index contributed by atoms with van der Waals surface area (Å²) >= 11 is 6.00. The fourth-order valence-electron chi connectivity index (χ4n) is 4.85. The summed E-state index contributed by atoms with van der Waals surface area (Å²) in [5, 5.41) is 0. The van der Waals surface area contributed by atoms with Gasteiger partial charge in [-0.3, -0.25) is 0 Å². The molecular formula is C24H34Br2N2Ni. The van der Waals surface area contributed by atoms with Gasteiger partial charge in [-0.05, 0) is 49.1 Å². The van der Waals surface area contributed by atoms with Crippen molar-refractivity contribution in [3.63, 3.8) is 0 Å². The van der Waals surface area contributed by atoms with Gasteiger partial charge in [-0.2, -0.15) is 0 Å². The summed E-state index contributed by atoms with van der Waals surface area (Å²) < 4.78 is 0. The van der Waals surface area contributed by atoms with Crippen LogP contribution < -0.4 is 11.5 Å². The van der Waals surface area contributed by atoms with E-state index in [4.69, 9.17) is 11.5 Å². The molecule has 3 atom stereocenters. The molecule has 1 aliphatic rings. The summed E-state index contributed by atoms with van der Waals surface area (Å²) in [5.74, 6) is 0.417. The number of hydrogen-bond acceptors (Lipinski definition) is 2. The Morgan fingerprint density at radius 2 is 1.52 bits per heavy atom. The van der Waals surface area contributed by atoms with Crippen LogP contribution in [-0.4, -0.2) is 11.1 Å². The number of benzene rings is 2. The van der Waals surface area contributed by atoms with Crippen molar-refractivity contribution in [1.29, 1.82) is 0 Å². The molecule has 0 aliphatic heterocycles. The number of rotatable bonds is 7. The van der Waals surface area contributed by atoms with Gasteiger partial charge in [-0.15, -0.1) is 0 Å². The molecule has 0 amide bonds. The molecule has 0 radical (unpaired) electrons. The first-order valence-electron chi connectivity index (χ1n) is 10.5. The van der Waals surface area contributed by atoms with E-state index in [1.807, 2.05) is 0 Å². The fourth-order valence-corrected chi connectivity index (χ4v) is 4.85. The Kier molecular flexibility index (Phi) is 10.9. The van der Waals surface area contributed by atoms with E-state index in [2.05, 4.69) is 96.0 Å². The Morgan fingerprint density at radius 1 is 0.966 bits per heavy atom. The molecule has 2 aromatic rings. The maximum atomic E-state index is 7.28. The Balaban J connectivity index is 0.000000941. The molecule has 0 saturated heterocycles. The molecule has 0 heterocycles. The molecular weight excluding hydrogens is 535 g/mol. The third kappa shape index (κ3) is 6.90. The van der Waals surface area contributed by atoms with Crippen LogP contribution in [0.2, 0.25) is 0 Å². The first-order chi connectivity index (χ1) is 14.0. The van der Waals surface area contributed by atoms with Crippen LogP contribution in [0, 0.1) is 5.92 Å². The summed E-state index contributed by atoms with van der Waals surface area (Å²) in [5.41, 5.74) is 16.4. The van der Waals surface area contributed by atoms with Crippen molar-refractivity contribution in [2.45, 2.75) is 69.4 Å². The van der Waals surface area contributed by atoms with Crippen molar-refractivity contribution in [3.05, 3.63) is 71.8 Å². The van der Waals surface area contributed by atoms with Gasteiger partial charge in [-0.1, -0.05) is 86.8 Å². The standard InChI is InChI=1S/C24H34N2.2BrH.Ni/c1-2-3-16-23(25)17-10-15-22(18-20-11-6-4-7-12-20)24(23,26)19-21-13-8-5-9-14-21;;;/h4-9,11-14,22H,2-3,10,15-19,25-26H2,1H3;2*1H;/q;;;+2/p-2. The van der Waals surface area contributed by atoms with E-state index in [0.29, 0.717) is 5.92 Å². The molecule has 2 aromatic carbocycles. The predicted molar refractivity (Wildman–Crippen MR) is 129 cm³/mol. The van der Waals surface area contributed by atoms with Crippen LogP contribution >= 0.6 is 28.5 Å². The molecule has 29 heavy (non-hydrogen) atoms. The molecule has 5 heteroatoms. The van der Waals surface area contributed by atoms with Crippen molar-refractivity contribution in [1.82, 2.24) is 0 Å². The molecule has 2 nitrogen and oxygen atoms in total. The van der Waals surface area contributed by atoms with Gasteiger partial charge in [0.2, 0.25) is 0 Å². The molecule has 3 unspecified atom stereocenters. The first-order valence-corrected chi connectivity index (χ1v) is 15.4. The number of nitrogens with two attached hydrogens (primary N) is 2. The molecule has 3 rings (SSSR count). The van der Waals surface area contributed by atoms with Crippen LogP contribution in [0.4, 0.5) is 0 Å². The van der Waals surface area contributed by atoms with Gasteiger partial charge in [0.25, 0.3) is 0 Å². The average molecular weight is 569 g/mol. The molecule has 1 saturated carbocycles. The summed E-state index contributed by atoms with van der Waals surface area (Å²) in [6.45, 7) is 2.24. The Labute approximate surface area is 197 Å². The Hall–Kier alpha value is -0.186. The molecule has 1 fully saturated rings. The first kappa shape index (κ1) is 25.1. The molecule has 0 aromatic heterocycles. The number of hydrogen-bond donors (Lipinski definition) is 2. The van der Waals surface area contributed by atoms with Crippen molar-refractivity contribution < 1.29 is 10.9 Å². The van der Waals surface area contributed by atoms with Crippen LogP contribution in [0.25, 0.3) is 0 Å².